The fourth-order valence-electron chi connectivity index (χ4n) is 2.46. The molecule has 126 valence electrons. The Morgan fingerprint density at radius 2 is 1.96 bits per heavy atom. The Morgan fingerprint density at radius 1 is 1.30 bits per heavy atom. The van der Waals surface area contributed by atoms with Gasteiger partial charge in [0.15, 0.2) is 5.60 Å². The van der Waals surface area contributed by atoms with Crippen molar-refractivity contribution in [1.29, 1.82) is 0 Å². The van der Waals surface area contributed by atoms with Gasteiger partial charge in [0.1, 0.15) is 5.75 Å². The molecule has 1 aliphatic rings. The first-order chi connectivity index (χ1) is 10.8. The summed E-state index contributed by atoms with van der Waals surface area (Å²) in [7, 11) is 0. The van der Waals surface area contributed by atoms with Crippen molar-refractivity contribution in [2.45, 2.75) is 32.3 Å². The van der Waals surface area contributed by atoms with Crippen LogP contribution in [0.1, 0.15) is 37.0 Å². The molecule has 0 unspecified atom stereocenters. The van der Waals surface area contributed by atoms with E-state index in [1.165, 1.54) is 0 Å². The monoisotopic (exact) mass is 321 g/mol. The molecule has 1 saturated heterocycles. The van der Waals surface area contributed by atoms with Crippen LogP contribution in [0.5, 0.6) is 5.75 Å². The van der Waals surface area contributed by atoms with Crippen molar-refractivity contribution in [2.75, 3.05) is 19.7 Å². The van der Waals surface area contributed by atoms with Gasteiger partial charge in [-0.1, -0.05) is 19.9 Å². The molecular weight excluding hydrogens is 298 g/mol. The van der Waals surface area contributed by atoms with E-state index in [0.717, 1.165) is 0 Å². The van der Waals surface area contributed by atoms with Gasteiger partial charge in [0.25, 0.3) is 5.91 Å². The Kier molecular flexibility index (Phi) is 5.26. The fraction of sp³-hybridized carbons (Fsp3) is 0.529. The molecule has 23 heavy (non-hydrogen) atoms. The standard InChI is InChI=1S/C17H23NO5/c1-12(2)11-23-14-5-3-4-13(10-14)15(19)18-8-6-17(22,7-9-18)16(20)21/h3-5,10,12,22H,6-9,11H2,1-2H3,(H,20,21). The summed E-state index contributed by atoms with van der Waals surface area (Å²) < 4.78 is 5.62. The number of piperidine rings is 1. The van der Waals surface area contributed by atoms with Crippen LogP contribution < -0.4 is 4.74 Å². The number of aliphatic carboxylic acids is 1. The number of carbonyl (C=O) groups is 2. The lowest BCUT2D eigenvalue weighted by Crippen LogP contribution is -2.50. The fourth-order valence-corrected chi connectivity index (χ4v) is 2.46. The van der Waals surface area contributed by atoms with E-state index in [1.54, 1.807) is 29.2 Å². The van der Waals surface area contributed by atoms with E-state index in [1.807, 2.05) is 13.8 Å². The van der Waals surface area contributed by atoms with Crippen LogP contribution in [-0.4, -0.2) is 52.3 Å². The van der Waals surface area contributed by atoms with Crippen molar-refractivity contribution < 1.29 is 24.5 Å². The van der Waals surface area contributed by atoms with Crippen molar-refractivity contribution in [3.63, 3.8) is 0 Å². The Hall–Kier alpha value is -2.08. The average molecular weight is 321 g/mol. The zero-order chi connectivity index (χ0) is 17.0. The molecule has 0 spiro atoms. The lowest BCUT2D eigenvalue weighted by Gasteiger charge is -2.35. The molecule has 1 aromatic carbocycles. The Morgan fingerprint density at radius 3 is 2.52 bits per heavy atom. The Balaban J connectivity index is 2.01. The van der Waals surface area contributed by atoms with E-state index in [9.17, 15) is 14.7 Å². The molecule has 1 aromatic rings. The highest BCUT2D eigenvalue weighted by Crippen LogP contribution is 2.24. The Bertz CT molecular complexity index is 576. The predicted molar refractivity (Wildman–Crippen MR) is 84.5 cm³/mol. The molecule has 1 aliphatic heterocycles. The van der Waals surface area contributed by atoms with E-state index in [0.29, 0.717) is 23.8 Å². The molecular formula is C17H23NO5. The highest BCUT2D eigenvalue weighted by molar-refractivity contribution is 5.94. The number of aliphatic hydroxyl groups is 1. The van der Waals surface area contributed by atoms with Crippen molar-refractivity contribution in [3.05, 3.63) is 29.8 Å². The zero-order valence-corrected chi connectivity index (χ0v) is 13.5. The number of amides is 1. The smallest absolute Gasteiger partial charge is 0.335 e. The third kappa shape index (κ3) is 4.22. The van der Waals surface area contributed by atoms with Crippen LogP contribution >= 0.6 is 0 Å². The van der Waals surface area contributed by atoms with E-state index in [4.69, 9.17) is 9.84 Å². The SMILES string of the molecule is CC(C)COc1cccc(C(=O)N2CCC(O)(C(=O)O)CC2)c1. The van der Waals surface area contributed by atoms with Crippen molar-refractivity contribution in [3.8, 4) is 5.75 Å². The number of carbonyl (C=O) groups excluding carboxylic acids is 1. The molecule has 0 atom stereocenters. The summed E-state index contributed by atoms with van der Waals surface area (Å²) in [4.78, 5) is 25.1. The van der Waals surface area contributed by atoms with Gasteiger partial charge in [-0.05, 0) is 24.1 Å². The van der Waals surface area contributed by atoms with Gasteiger partial charge in [0, 0.05) is 31.5 Å². The molecule has 1 amide bonds. The van der Waals surface area contributed by atoms with Gasteiger partial charge in [-0.15, -0.1) is 0 Å². The van der Waals surface area contributed by atoms with Crippen LogP contribution in [0.2, 0.25) is 0 Å². The number of rotatable bonds is 5. The second-order valence-electron chi connectivity index (χ2n) is 6.36. The number of hydrogen-bond donors (Lipinski definition) is 2. The predicted octanol–water partition coefficient (Wildman–Crippen LogP) is 1.77. The van der Waals surface area contributed by atoms with Gasteiger partial charge in [-0.25, -0.2) is 4.79 Å². The number of carboxylic acids is 1. The van der Waals surface area contributed by atoms with Gasteiger partial charge in [0.2, 0.25) is 0 Å². The quantitative estimate of drug-likeness (QED) is 0.863. The third-order valence-electron chi connectivity index (χ3n) is 3.94. The number of hydrogen-bond acceptors (Lipinski definition) is 4. The summed E-state index contributed by atoms with van der Waals surface area (Å²) in [5, 5.41) is 18.9. The summed E-state index contributed by atoms with van der Waals surface area (Å²) in [5.74, 6) is -0.366. The summed E-state index contributed by atoms with van der Waals surface area (Å²) in [5.41, 5.74) is -1.22. The minimum absolute atomic E-state index is 0.0393. The summed E-state index contributed by atoms with van der Waals surface area (Å²) in [6.07, 6.45) is 0.0786. The summed E-state index contributed by atoms with van der Waals surface area (Å²) >= 11 is 0. The minimum atomic E-state index is -1.72. The van der Waals surface area contributed by atoms with Crippen molar-refractivity contribution >= 4 is 11.9 Å². The topological polar surface area (TPSA) is 87.1 Å². The van der Waals surface area contributed by atoms with Crippen LogP contribution in [-0.2, 0) is 4.79 Å². The molecule has 0 aliphatic carbocycles. The Labute approximate surface area is 135 Å². The van der Waals surface area contributed by atoms with Gasteiger partial charge >= 0.3 is 5.97 Å². The lowest BCUT2D eigenvalue weighted by atomic mass is 9.91. The zero-order valence-electron chi connectivity index (χ0n) is 13.5. The van der Waals surface area contributed by atoms with E-state index in [2.05, 4.69) is 0 Å². The molecule has 2 rings (SSSR count). The number of ether oxygens (including phenoxy) is 1. The van der Waals surface area contributed by atoms with Gasteiger partial charge < -0.3 is 19.8 Å². The number of benzene rings is 1. The van der Waals surface area contributed by atoms with E-state index < -0.39 is 11.6 Å². The second-order valence-corrected chi connectivity index (χ2v) is 6.36. The van der Waals surface area contributed by atoms with Gasteiger partial charge in [0.05, 0.1) is 6.61 Å². The van der Waals surface area contributed by atoms with Crippen LogP contribution in [0.3, 0.4) is 0 Å². The van der Waals surface area contributed by atoms with Gasteiger partial charge in [-0.2, -0.15) is 0 Å². The highest BCUT2D eigenvalue weighted by Gasteiger charge is 2.40. The number of carboxylic acid groups (broad SMARTS) is 1. The number of nitrogens with zero attached hydrogens (tertiary/aromatic N) is 1. The molecule has 0 bridgehead atoms. The summed E-state index contributed by atoms with van der Waals surface area (Å²) in [6, 6.07) is 6.98. The highest BCUT2D eigenvalue weighted by atomic mass is 16.5. The molecule has 2 N–H and O–H groups in total. The maximum Gasteiger partial charge on any atom is 0.335 e. The lowest BCUT2D eigenvalue weighted by molar-refractivity contribution is -0.162. The van der Waals surface area contributed by atoms with Crippen LogP contribution in [0.4, 0.5) is 0 Å². The minimum Gasteiger partial charge on any atom is -0.493 e. The molecule has 1 fully saturated rings. The van der Waals surface area contributed by atoms with Crippen molar-refractivity contribution in [1.82, 2.24) is 4.90 Å². The second kappa shape index (κ2) is 7.00. The van der Waals surface area contributed by atoms with Crippen molar-refractivity contribution in [2.24, 2.45) is 5.92 Å². The van der Waals surface area contributed by atoms with Crippen LogP contribution in [0, 0.1) is 5.92 Å². The molecule has 0 saturated carbocycles. The van der Waals surface area contributed by atoms with E-state index >= 15 is 0 Å². The molecule has 1 heterocycles. The average Bonchev–Trinajstić information content (AvgIpc) is 2.53. The molecule has 0 aromatic heterocycles. The van der Waals surface area contributed by atoms with Crippen LogP contribution in [0.15, 0.2) is 24.3 Å². The molecule has 6 heteroatoms. The first-order valence-corrected chi connectivity index (χ1v) is 7.80. The maximum atomic E-state index is 12.5. The number of likely N-dealkylation sites (tertiary alicyclic amines) is 1. The van der Waals surface area contributed by atoms with Crippen LogP contribution in [0.25, 0.3) is 0 Å². The first kappa shape index (κ1) is 17.3. The summed E-state index contributed by atoms with van der Waals surface area (Å²) in [6.45, 7) is 5.11. The normalized spacial score (nSPS) is 17.1. The van der Waals surface area contributed by atoms with Gasteiger partial charge in [-0.3, -0.25) is 4.79 Å². The largest absolute Gasteiger partial charge is 0.493 e. The molecule has 6 nitrogen and oxygen atoms in total. The van der Waals surface area contributed by atoms with E-state index in [-0.39, 0.29) is 31.8 Å². The maximum absolute atomic E-state index is 12.5. The molecule has 0 radical (unpaired) electrons. The third-order valence-corrected chi connectivity index (χ3v) is 3.94. The first-order valence-electron chi connectivity index (χ1n) is 7.80.